The van der Waals surface area contributed by atoms with E-state index in [4.69, 9.17) is 16.3 Å². The van der Waals surface area contributed by atoms with Crippen molar-refractivity contribution in [1.29, 1.82) is 0 Å². The fraction of sp³-hybridized carbons (Fsp3) is 0.450. The van der Waals surface area contributed by atoms with Crippen LogP contribution in [-0.4, -0.2) is 36.0 Å². The van der Waals surface area contributed by atoms with Gasteiger partial charge < -0.3 is 9.47 Å². The van der Waals surface area contributed by atoms with Crippen LogP contribution >= 0.6 is 27.5 Å². The highest BCUT2D eigenvalue weighted by atomic mass is 79.9. The molecule has 0 fully saturated rings. The summed E-state index contributed by atoms with van der Waals surface area (Å²) in [5, 5.41) is -1.43. The summed E-state index contributed by atoms with van der Waals surface area (Å²) >= 11 is 8.13. The van der Waals surface area contributed by atoms with Crippen molar-refractivity contribution in [3.05, 3.63) is 48.8 Å². The van der Waals surface area contributed by atoms with Crippen LogP contribution in [-0.2, 0) is 32.8 Å². The van der Waals surface area contributed by atoms with Gasteiger partial charge in [0.15, 0.2) is 5.69 Å². The number of aromatic nitrogens is 2. The molecule has 38 heavy (non-hydrogen) atoms. The number of ether oxygens (including phenoxy) is 2. The van der Waals surface area contributed by atoms with E-state index in [1.54, 1.807) is 0 Å². The molecule has 1 atom stereocenters. The highest BCUT2D eigenvalue weighted by Gasteiger charge is 2.44. The van der Waals surface area contributed by atoms with Gasteiger partial charge in [0, 0.05) is 13.2 Å². The Morgan fingerprint density at radius 1 is 1.03 bits per heavy atom. The fourth-order valence-electron chi connectivity index (χ4n) is 3.23. The minimum atomic E-state index is -5.42. The molecule has 2 aromatic rings. The van der Waals surface area contributed by atoms with Gasteiger partial charge in [-0.05, 0) is 41.9 Å². The van der Waals surface area contributed by atoms with Crippen molar-refractivity contribution in [3.63, 3.8) is 0 Å². The Kier molecular flexibility index (Phi) is 9.10. The van der Waals surface area contributed by atoms with E-state index >= 15 is 0 Å². The van der Waals surface area contributed by atoms with E-state index in [1.807, 2.05) is 0 Å². The Morgan fingerprint density at radius 3 is 1.97 bits per heavy atom. The monoisotopic (exact) mass is 647 g/mol. The molecule has 0 aliphatic carbocycles. The summed E-state index contributed by atoms with van der Waals surface area (Å²) < 4.78 is 132. The molecular weight excluding hydrogens is 633 g/mol. The van der Waals surface area contributed by atoms with Crippen molar-refractivity contribution < 1.29 is 53.8 Å². The van der Waals surface area contributed by atoms with Gasteiger partial charge in [0.1, 0.15) is 5.02 Å². The summed E-state index contributed by atoms with van der Waals surface area (Å²) in [4.78, 5) is 28.8. The molecule has 0 saturated carbocycles. The number of benzene rings is 1. The second-order valence-electron chi connectivity index (χ2n) is 7.67. The first-order chi connectivity index (χ1) is 17.2. The van der Waals surface area contributed by atoms with E-state index in [0.717, 1.165) is 14.2 Å². The summed E-state index contributed by atoms with van der Waals surface area (Å²) in [5.74, 6) is -2.69. The van der Waals surface area contributed by atoms with Crippen molar-refractivity contribution in [2.24, 2.45) is 0 Å². The summed E-state index contributed by atoms with van der Waals surface area (Å²) in [5.41, 5.74) is -8.55. The third-order valence-corrected chi connectivity index (χ3v) is 6.02. The Hall–Kier alpha value is -2.53. The molecule has 2 rings (SSSR count). The van der Waals surface area contributed by atoms with Crippen LogP contribution in [0.5, 0.6) is 0 Å². The van der Waals surface area contributed by atoms with E-state index in [0.29, 0.717) is 4.57 Å². The lowest BCUT2D eigenvalue weighted by molar-refractivity contribution is -0.151. The van der Waals surface area contributed by atoms with Gasteiger partial charge in [-0.2, -0.15) is 39.5 Å². The van der Waals surface area contributed by atoms with Crippen LogP contribution in [0, 0.1) is 0 Å². The fourth-order valence-corrected chi connectivity index (χ4v) is 4.11. The SMILES string of the molecule is COC(=O)C(OC)N(c1cc(C(F)(F)F)cc(C(F)(F)F)c1Br)c1nc(C(F)(F)F)c(Cl)c(=O)n1C(C)C. The summed E-state index contributed by atoms with van der Waals surface area (Å²) in [7, 11) is 1.53. The predicted octanol–water partition coefficient (Wildman–Crippen LogP) is 6.58. The number of esters is 1. The largest absolute Gasteiger partial charge is 0.466 e. The zero-order chi connectivity index (χ0) is 29.5. The zero-order valence-corrected chi connectivity index (χ0v) is 21.8. The van der Waals surface area contributed by atoms with Gasteiger partial charge in [0.2, 0.25) is 12.2 Å². The van der Waals surface area contributed by atoms with E-state index in [1.165, 1.54) is 13.8 Å². The maximum absolute atomic E-state index is 13.7. The number of hydrogen-bond acceptors (Lipinski definition) is 6. The minimum Gasteiger partial charge on any atom is -0.466 e. The Balaban J connectivity index is 3.25. The maximum Gasteiger partial charge on any atom is 0.435 e. The Labute approximate surface area is 221 Å². The third kappa shape index (κ3) is 6.20. The van der Waals surface area contributed by atoms with Crippen LogP contribution in [0.15, 0.2) is 21.4 Å². The topological polar surface area (TPSA) is 73.7 Å². The lowest BCUT2D eigenvalue weighted by Gasteiger charge is -2.34. The van der Waals surface area contributed by atoms with Crippen LogP contribution in [0.1, 0.15) is 36.7 Å². The van der Waals surface area contributed by atoms with Crippen molar-refractivity contribution in [1.82, 2.24) is 9.55 Å². The normalized spacial score (nSPS) is 13.6. The Morgan fingerprint density at radius 2 is 1.58 bits per heavy atom. The number of methoxy groups -OCH3 is 2. The molecule has 212 valence electrons. The van der Waals surface area contributed by atoms with E-state index in [2.05, 4.69) is 25.7 Å². The highest BCUT2D eigenvalue weighted by molar-refractivity contribution is 9.10. The molecule has 1 heterocycles. The van der Waals surface area contributed by atoms with E-state index < -0.39 is 80.3 Å². The van der Waals surface area contributed by atoms with Crippen LogP contribution < -0.4 is 10.5 Å². The average Bonchev–Trinajstić information content (AvgIpc) is 2.76. The van der Waals surface area contributed by atoms with Crippen LogP contribution in [0.4, 0.5) is 51.1 Å². The highest BCUT2D eigenvalue weighted by Crippen LogP contribution is 2.46. The molecule has 0 amide bonds. The lowest BCUT2D eigenvalue weighted by Crippen LogP contribution is -2.45. The van der Waals surface area contributed by atoms with Gasteiger partial charge in [-0.1, -0.05) is 11.6 Å². The summed E-state index contributed by atoms with van der Waals surface area (Å²) in [6.45, 7) is 2.47. The molecule has 0 bridgehead atoms. The van der Waals surface area contributed by atoms with Gasteiger partial charge in [-0.3, -0.25) is 14.3 Å². The average molecular weight is 649 g/mol. The molecule has 0 aliphatic heterocycles. The number of halogens is 11. The number of anilines is 2. The predicted molar refractivity (Wildman–Crippen MR) is 118 cm³/mol. The number of alkyl halides is 9. The standard InChI is InChI=1S/C20H16BrClF9N3O4/c1-7(2)33-14(35)12(22)13(20(29,30)31)32-17(33)34(15(37-3)16(36)38-4)10-6-8(18(23,24)25)5-9(11(10)21)19(26,27)28/h5-7,15H,1-4H3. The number of nitrogens with zero attached hydrogens (tertiary/aromatic N) is 3. The van der Waals surface area contributed by atoms with E-state index in [9.17, 15) is 49.1 Å². The molecule has 18 heteroatoms. The van der Waals surface area contributed by atoms with Crippen molar-refractivity contribution >= 4 is 45.1 Å². The van der Waals surface area contributed by atoms with Crippen LogP contribution in [0.3, 0.4) is 0 Å². The first-order valence-corrected chi connectivity index (χ1v) is 11.1. The van der Waals surface area contributed by atoms with Gasteiger partial charge in [0.05, 0.1) is 28.4 Å². The summed E-state index contributed by atoms with van der Waals surface area (Å²) in [6.07, 6.45) is -18.5. The molecule has 0 radical (unpaired) electrons. The van der Waals surface area contributed by atoms with Crippen LogP contribution in [0.25, 0.3) is 0 Å². The molecule has 0 aliphatic rings. The number of rotatable bonds is 6. The van der Waals surface area contributed by atoms with Gasteiger partial charge in [0.25, 0.3) is 5.56 Å². The molecule has 1 aromatic heterocycles. The van der Waals surface area contributed by atoms with Crippen molar-refractivity contribution in [2.45, 2.75) is 44.6 Å². The van der Waals surface area contributed by atoms with Crippen molar-refractivity contribution in [2.75, 3.05) is 19.1 Å². The quantitative estimate of drug-likeness (QED) is 0.200. The second kappa shape index (κ2) is 10.9. The first-order valence-electron chi connectivity index (χ1n) is 9.95. The Bertz CT molecular complexity index is 1280. The lowest BCUT2D eigenvalue weighted by atomic mass is 10.1. The van der Waals surface area contributed by atoms with Gasteiger partial charge in [-0.15, -0.1) is 0 Å². The molecular formula is C20H16BrClF9N3O4. The number of hydrogen-bond donors (Lipinski definition) is 0. The summed E-state index contributed by atoms with van der Waals surface area (Å²) in [6, 6.07) is -1.28. The van der Waals surface area contributed by atoms with Gasteiger partial charge >= 0.3 is 24.5 Å². The molecule has 0 N–H and O–H groups in total. The van der Waals surface area contributed by atoms with E-state index in [-0.39, 0.29) is 17.0 Å². The first kappa shape index (κ1) is 31.7. The third-order valence-electron chi connectivity index (χ3n) is 4.85. The molecule has 1 unspecified atom stereocenters. The second-order valence-corrected chi connectivity index (χ2v) is 8.85. The molecule has 0 spiro atoms. The molecule has 7 nitrogen and oxygen atoms in total. The zero-order valence-electron chi connectivity index (χ0n) is 19.4. The smallest absolute Gasteiger partial charge is 0.435 e. The van der Waals surface area contributed by atoms with Gasteiger partial charge in [-0.25, -0.2) is 9.78 Å². The minimum absolute atomic E-state index is 0.104. The van der Waals surface area contributed by atoms with Crippen LogP contribution in [0.2, 0.25) is 5.02 Å². The van der Waals surface area contributed by atoms with Crippen molar-refractivity contribution in [3.8, 4) is 0 Å². The molecule has 1 aromatic carbocycles. The number of carbonyl (C=O) groups is 1. The number of carbonyl (C=O) groups excluding carboxylic acids is 1. The maximum atomic E-state index is 13.7. The molecule has 0 saturated heterocycles.